The molecule has 1 unspecified atom stereocenters. The summed E-state index contributed by atoms with van der Waals surface area (Å²) in [6.07, 6.45) is 2.32. The highest BCUT2D eigenvalue weighted by Crippen LogP contribution is 2.33. The Bertz CT molecular complexity index is 528. The number of amides is 1. The standard InChI is InChI=1S/C13H18F2IN3O2/c1-12(2,3)21-11(20)19-8-13(14,15)4-10(19)7-18-6-9(16)5-17-18/h5-6,10H,4,7-8H2,1-3H3. The van der Waals surface area contributed by atoms with Gasteiger partial charge in [0, 0.05) is 12.6 Å². The first-order chi connectivity index (χ1) is 9.56. The van der Waals surface area contributed by atoms with Gasteiger partial charge in [-0.2, -0.15) is 5.10 Å². The van der Waals surface area contributed by atoms with Crippen LogP contribution in [-0.4, -0.2) is 44.9 Å². The number of carbonyl (C=O) groups is 1. The smallest absolute Gasteiger partial charge is 0.410 e. The second-order valence-corrected chi connectivity index (χ2v) is 7.45. The van der Waals surface area contributed by atoms with Gasteiger partial charge in [0.05, 0.1) is 28.9 Å². The van der Waals surface area contributed by atoms with Gasteiger partial charge in [-0.05, 0) is 43.4 Å². The molecule has 1 aliphatic heterocycles. The van der Waals surface area contributed by atoms with Crippen molar-refractivity contribution < 1.29 is 18.3 Å². The van der Waals surface area contributed by atoms with Gasteiger partial charge in [0.1, 0.15) is 5.60 Å². The summed E-state index contributed by atoms with van der Waals surface area (Å²) in [6.45, 7) is 4.76. The summed E-state index contributed by atoms with van der Waals surface area (Å²) in [5.41, 5.74) is -0.708. The number of carbonyl (C=O) groups excluding carboxylic acids is 1. The first-order valence-corrected chi connectivity index (χ1v) is 7.69. The fourth-order valence-corrected chi connectivity index (χ4v) is 2.70. The zero-order valence-corrected chi connectivity index (χ0v) is 14.3. The zero-order valence-electron chi connectivity index (χ0n) is 12.1. The number of nitrogens with zero attached hydrogens (tertiary/aromatic N) is 3. The molecule has 5 nitrogen and oxygen atoms in total. The van der Waals surface area contributed by atoms with E-state index in [1.54, 1.807) is 37.8 Å². The molecule has 0 aliphatic carbocycles. The van der Waals surface area contributed by atoms with Gasteiger partial charge >= 0.3 is 6.09 Å². The maximum absolute atomic E-state index is 13.7. The predicted octanol–water partition coefficient (Wildman–Crippen LogP) is 3.13. The monoisotopic (exact) mass is 413 g/mol. The molecule has 1 aromatic heterocycles. The Balaban J connectivity index is 2.11. The molecule has 21 heavy (non-hydrogen) atoms. The summed E-state index contributed by atoms with van der Waals surface area (Å²) in [5, 5.41) is 4.08. The van der Waals surface area contributed by atoms with Crippen LogP contribution in [0.5, 0.6) is 0 Å². The molecular formula is C13H18F2IN3O2. The Labute approximate surface area is 135 Å². The van der Waals surface area contributed by atoms with E-state index in [0.717, 1.165) is 8.47 Å². The number of hydrogen-bond donors (Lipinski definition) is 0. The van der Waals surface area contributed by atoms with Crippen molar-refractivity contribution in [2.24, 2.45) is 0 Å². The van der Waals surface area contributed by atoms with E-state index in [1.165, 1.54) is 0 Å². The lowest BCUT2D eigenvalue weighted by molar-refractivity contribution is -0.00254. The highest BCUT2D eigenvalue weighted by atomic mass is 127. The third-order valence-electron chi connectivity index (χ3n) is 3.00. The molecule has 0 N–H and O–H groups in total. The van der Waals surface area contributed by atoms with Crippen LogP contribution in [0, 0.1) is 3.57 Å². The van der Waals surface area contributed by atoms with Gasteiger partial charge in [0.15, 0.2) is 0 Å². The summed E-state index contributed by atoms with van der Waals surface area (Å²) in [7, 11) is 0. The molecule has 1 atom stereocenters. The van der Waals surface area contributed by atoms with Gasteiger partial charge in [-0.3, -0.25) is 9.58 Å². The number of hydrogen-bond acceptors (Lipinski definition) is 3. The van der Waals surface area contributed by atoms with Crippen molar-refractivity contribution in [1.29, 1.82) is 0 Å². The van der Waals surface area contributed by atoms with Crippen molar-refractivity contribution >= 4 is 28.7 Å². The van der Waals surface area contributed by atoms with Crippen LogP contribution in [0.1, 0.15) is 27.2 Å². The van der Waals surface area contributed by atoms with Crippen LogP contribution in [-0.2, 0) is 11.3 Å². The van der Waals surface area contributed by atoms with E-state index in [0.29, 0.717) is 0 Å². The number of alkyl halides is 2. The van der Waals surface area contributed by atoms with Crippen LogP contribution in [0.2, 0.25) is 0 Å². The minimum absolute atomic E-state index is 0.234. The first kappa shape index (κ1) is 16.4. The highest BCUT2D eigenvalue weighted by molar-refractivity contribution is 14.1. The molecule has 0 aromatic carbocycles. The Morgan fingerprint density at radius 2 is 2.24 bits per heavy atom. The fourth-order valence-electron chi connectivity index (χ4n) is 2.25. The summed E-state index contributed by atoms with van der Waals surface area (Å²) >= 11 is 2.09. The van der Waals surface area contributed by atoms with E-state index in [-0.39, 0.29) is 13.0 Å². The molecule has 1 aromatic rings. The SMILES string of the molecule is CC(C)(C)OC(=O)N1CC(F)(F)CC1Cn1cc(I)cn1. The number of ether oxygens (including phenoxy) is 1. The number of rotatable bonds is 2. The molecular weight excluding hydrogens is 395 g/mol. The second-order valence-electron chi connectivity index (χ2n) is 6.20. The van der Waals surface area contributed by atoms with E-state index in [4.69, 9.17) is 4.74 Å². The van der Waals surface area contributed by atoms with Gasteiger partial charge in [-0.15, -0.1) is 0 Å². The summed E-state index contributed by atoms with van der Waals surface area (Å²) < 4.78 is 35.0. The van der Waals surface area contributed by atoms with Gasteiger partial charge < -0.3 is 4.74 Å². The number of aromatic nitrogens is 2. The third kappa shape index (κ3) is 4.52. The molecule has 0 bridgehead atoms. The summed E-state index contributed by atoms with van der Waals surface area (Å²) in [4.78, 5) is 13.2. The summed E-state index contributed by atoms with van der Waals surface area (Å²) in [6, 6.07) is -0.620. The fraction of sp³-hybridized carbons (Fsp3) is 0.692. The quantitative estimate of drug-likeness (QED) is 0.701. The Hall–Kier alpha value is -0.930. The molecule has 1 fully saturated rings. The predicted molar refractivity (Wildman–Crippen MR) is 81.2 cm³/mol. The van der Waals surface area contributed by atoms with E-state index < -0.39 is 30.2 Å². The second kappa shape index (κ2) is 5.69. The molecule has 1 aliphatic rings. The molecule has 0 saturated carbocycles. The van der Waals surface area contributed by atoms with Crippen LogP contribution in [0.15, 0.2) is 12.4 Å². The summed E-state index contributed by atoms with van der Waals surface area (Å²) in [5.74, 6) is -2.89. The van der Waals surface area contributed by atoms with Gasteiger partial charge in [-0.25, -0.2) is 13.6 Å². The molecule has 1 amide bonds. The topological polar surface area (TPSA) is 47.4 Å². The van der Waals surface area contributed by atoms with E-state index >= 15 is 0 Å². The lowest BCUT2D eigenvalue weighted by Gasteiger charge is -2.28. The van der Waals surface area contributed by atoms with Crippen molar-refractivity contribution in [2.45, 2.75) is 51.3 Å². The molecule has 0 spiro atoms. The third-order valence-corrected chi connectivity index (χ3v) is 3.56. The van der Waals surface area contributed by atoms with Crippen LogP contribution >= 0.6 is 22.6 Å². The maximum Gasteiger partial charge on any atom is 0.410 e. The normalized spacial score (nSPS) is 21.6. The maximum atomic E-state index is 13.7. The average Bonchev–Trinajstić information content (AvgIpc) is 2.80. The molecule has 1 saturated heterocycles. The van der Waals surface area contributed by atoms with Crippen LogP contribution in [0.25, 0.3) is 0 Å². The van der Waals surface area contributed by atoms with Crippen LogP contribution in [0.4, 0.5) is 13.6 Å². The lowest BCUT2D eigenvalue weighted by Crippen LogP contribution is -2.42. The molecule has 8 heteroatoms. The molecule has 118 valence electrons. The van der Waals surface area contributed by atoms with E-state index in [2.05, 4.69) is 27.7 Å². The lowest BCUT2D eigenvalue weighted by atomic mass is 10.2. The molecule has 2 rings (SSSR count). The first-order valence-electron chi connectivity index (χ1n) is 6.61. The zero-order chi connectivity index (χ0) is 15.8. The van der Waals surface area contributed by atoms with Crippen molar-refractivity contribution in [3.8, 4) is 0 Å². The van der Waals surface area contributed by atoms with Crippen molar-refractivity contribution in [3.63, 3.8) is 0 Å². The van der Waals surface area contributed by atoms with E-state index in [1.807, 2.05) is 0 Å². The van der Waals surface area contributed by atoms with Gasteiger partial charge in [0.2, 0.25) is 0 Å². The minimum atomic E-state index is -2.89. The van der Waals surface area contributed by atoms with Gasteiger partial charge in [-0.1, -0.05) is 0 Å². The van der Waals surface area contributed by atoms with E-state index in [9.17, 15) is 13.6 Å². The molecule has 0 radical (unpaired) electrons. The number of halogens is 3. The Morgan fingerprint density at radius 3 is 2.76 bits per heavy atom. The van der Waals surface area contributed by atoms with Crippen LogP contribution in [0.3, 0.4) is 0 Å². The Kier molecular flexibility index (Phi) is 4.46. The van der Waals surface area contributed by atoms with Crippen molar-refractivity contribution in [3.05, 3.63) is 16.0 Å². The average molecular weight is 413 g/mol. The Morgan fingerprint density at radius 1 is 1.57 bits per heavy atom. The highest BCUT2D eigenvalue weighted by Gasteiger charge is 2.48. The van der Waals surface area contributed by atoms with Crippen molar-refractivity contribution in [2.75, 3.05) is 6.54 Å². The largest absolute Gasteiger partial charge is 0.444 e. The van der Waals surface area contributed by atoms with Crippen molar-refractivity contribution in [1.82, 2.24) is 14.7 Å². The minimum Gasteiger partial charge on any atom is -0.444 e. The van der Waals surface area contributed by atoms with Gasteiger partial charge in [0.25, 0.3) is 5.92 Å². The number of likely N-dealkylation sites (tertiary alicyclic amines) is 1. The van der Waals surface area contributed by atoms with Crippen LogP contribution < -0.4 is 0 Å². The molecule has 2 heterocycles.